The van der Waals surface area contributed by atoms with Crippen molar-refractivity contribution in [2.24, 2.45) is 0 Å². The number of rotatable bonds is 6. The molecule has 0 spiro atoms. The van der Waals surface area contributed by atoms with Gasteiger partial charge in [0.1, 0.15) is 10.9 Å². The summed E-state index contributed by atoms with van der Waals surface area (Å²) in [4.78, 5) is 8.72. The van der Waals surface area contributed by atoms with E-state index in [2.05, 4.69) is 29.1 Å². The molecule has 5 heteroatoms. The Morgan fingerprint density at radius 1 is 1.24 bits per heavy atom. The Labute approximate surface area is 130 Å². The van der Waals surface area contributed by atoms with Crippen molar-refractivity contribution in [3.05, 3.63) is 46.7 Å². The third-order valence-electron chi connectivity index (χ3n) is 3.22. The quantitative estimate of drug-likeness (QED) is 0.810. The summed E-state index contributed by atoms with van der Waals surface area (Å²) in [5.41, 5.74) is 2.10. The minimum atomic E-state index is 0.0869. The number of aromatic nitrogens is 2. The summed E-state index contributed by atoms with van der Waals surface area (Å²) < 4.78 is 5.16. The molecule has 0 aliphatic carbocycles. The molecule has 4 nitrogen and oxygen atoms in total. The van der Waals surface area contributed by atoms with Crippen molar-refractivity contribution in [2.75, 3.05) is 12.4 Å². The second kappa shape index (κ2) is 7.27. The summed E-state index contributed by atoms with van der Waals surface area (Å²) >= 11 is 6.05. The zero-order valence-corrected chi connectivity index (χ0v) is 13.3. The van der Waals surface area contributed by atoms with Crippen LogP contribution < -0.4 is 10.1 Å². The molecule has 0 fully saturated rings. The van der Waals surface area contributed by atoms with E-state index >= 15 is 0 Å². The average molecular weight is 306 g/mol. The molecule has 0 bridgehead atoms. The highest BCUT2D eigenvalue weighted by molar-refractivity contribution is 6.29. The average Bonchev–Trinajstić information content (AvgIpc) is 2.47. The van der Waals surface area contributed by atoms with E-state index in [0.29, 0.717) is 11.1 Å². The molecular formula is C16H20ClN3O. The number of nitrogens with one attached hydrogen (secondary N) is 1. The Bertz CT molecular complexity index is 587. The Morgan fingerprint density at radius 2 is 1.95 bits per heavy atom. The van der Waals surface area contributed by atoms with Gasteiger partial charge in [0.15, 0.2) is 0 Å². The van der Waals surface area contributed by atoms with Crippen LogP contribution in [0.2, 0.25) is 5.15 Å². The summed E-state index contributed by atoms with van der Waals surface area (Å²) in [6.45, 7) is 4.18. The van der Waals surface area contributed by atoms with Gasteiger partial charge in [-0.05, 0) is 37.1 Å². The van der Waals surface area contributed by atoms with Crippen molar-refractivity contribution < 1.29 is 4.74 Å². The lowest BCUT2D eigenvalue weighted by molar-refractivity contribution is 0.414. The topological polar surface area (TPSA) is 47.0 Å². The highest BCUT2D eigenvalue weighted by Crippen LogP contribution is 2.21. The zero-order valence-electron chi connectivity index (χ0n) is 12.6. The van der Waals surface area contributed by atoms with E-state index in [1.807, 2.05) is 30.3 Å². The predicted octanol–water partition coefficient (Wildman–Crippen LogP) is 4.26. The van der Waals surface area contributed by atoms with Crippen molar-refractivity contribution >= 4 is 17.5 Å². The third-order valence-corrected chi connectivity index (χ3v) is 3.41. The Morgan fingerprint density at radius 3 is 2.57 bits per heavy atom. The first-order valence-corrected chi connectivity index (χ1v) is 7.44. The van der Waals surface area contributed by atoms with Gasteiger partial charge >= 0.3 is 0 Å². The molecule has 0 saturated heterocycles. The van der Waals surface area contributed by atoms with Crippen LogP contribution in [-0.4, -0.2) is 17.1 Å². The van der Waals surface area contributed by atoms with Gasteiger partial charge in [0.25, 0.3) is 0 Å². The maximum Gasteiger partial charge on any atom is 0.224 e. The van der Waals surface area contributed by atoms with Gasteiger partial charge in [-0.1, -0.05) is 37.1 Å². The number of halogens is 1. The van der Waals surface area contributed by atoms with Crippen molar-refractivity contribution in [1.82, 2.24) is 9.97 Å². The van der Waals surface area contributed by atoms with Gasteiger partial charge in [-0.2, -0.15) is 0 Å². The SMILES string of the molecule is CCCc1cc(Cl)nc(NC(C)c2ccc(OC)cc2)n1. The molecule has 0 saturated carbocycles. The number of anilines is 1. The largest absolute Gasteiger partial charge is 0.497 e. The monoisotopic (exact) mass is 305 g/mol. The molecule has 0 aliphatic heterocycles. The van der Waals surface area contributed by atoms with Crippen LogP contribution in [0.4, 0.5) is 5.95 Å². The highest BCUT2D eigenvalue weighted by atomic mass is 35.5. The molecule has 2 rings (SSSR count). The van der Waals surface area contributed by atoms with Crippen LogP contribution in [0, 0.1) is 0 Å². The van der Waals surface area contributed by atoms with Crippen molar-refractivity contribution in [3.8, 4) is 5.75 Å². The number of benzene rings is 1. The van der Waals surface area contributed by atoms with E-state index in [1.165, 1.54) is 0 Å². The number of aryl methyl sites for hydroxylation is 1. The van der Waals surface area contributed by atoms with E-state index in [4.69, 9.17) is 16.3 Å². The van der Waals surface area contributed by atoms with Crippen molar-refractivity contribution in [3.63, 3.8) is 0 Å². The van der Waals surface area contributed by atoms with Gasteiger partial charge in [0.2, 0.25) is 5.95 Å². The van der Waals surface area contributed by atoms with Gasteiger partial charge in [-0.3, -0.25) is 0 Å². The molecule has 0 radical (unpaired) electrons. The fourth-order valence-electron chi connectivity index (χ4n) is 2.08. The van der Waals surface area contributed by atoms with Crippen molar-refractivity contribution in [2.45, 2.75) is 32.7 Å². The van der Waals surface area contributed by atoms with E-state index in [-0.39, 0.29) is 6.04 Å². The fourth-order valence-corrected chi connectivity index (χ4v) is 2.29. The Hall–Kier alpha value is -1.81. The predicted molar refractivity (Wildman–Crippen MR) is 86.1 cm³/mol. The summed E-state index contributed by atoms with van der Waals surface area (Å²) in [7, 11) is 1.66. The molecule has 1 N–H and O–H groups in total. The highest BCUT2D eigenvalue weighted by Gasteiger charge is 2.09. The second-order valence-electron chi connectivity index (χ2n) is 4.89. The van der Waals surface area contributed by atoms with Crippen LogP contribution in [0.15, 0.2) is 30.3 Å². The van der Waals surface area contributed by atoms with Gasteiger partial charge < -0.3 is 10.1 Å². The number of nitrogens with zero attached hydrogens (tertiary/aromatic N) is 2. The molecule has 1 aromatic carbocycles. The fraction of sp³-hybridized carbons (Fsp3) is 0.375. The van der Waals surface area contributed by atoms with Crippen LogP contribution in [-0.2, 0) is 6.42 Å². The van der Waals surface area contributed by atoms with Gasteiger partial charge in [-0.15, -0.1) is 0 Å². The van der Waals surface area contributed by atoms with Crippen LogP contribution in [0.25, 0.3) is 0 Å². The van der Waals surface area contributed by atoms with Crippen molar-refractivity contribution in [1.29, 1.82) is 0 Å². The number of ether oxygens (including phenoxy) is 1. The standard InChI is InChI=1S/C16H20ClN3O/c1-4-5-13-10-15(17)20-16(19-13)18-11(2)12-6-8-14(21-3)9-7-12/h6-11H,4-5H2,1-3H3,(H,18,19,20). The first kappa shape index (κ1) is 15.6. The molecule has 1 unspecified atom stereocenters. The number of methoxy groups -OCH3 is 1. The molecule has 21 heavy (non-hydrogen) atoms. The van der Waals surface area contributed by atoms with Gasteiger partial charge in [-0.25, -0.2) is 9.97 Å². The molecule has 112 valence electrons. The van der Waals surface area contributed by atoms with Crippen LogP contribution in [0.3, 0.4) is 0 Å². The van der Waals surface area contributed by atoms with E-state index < -0.39 is 0 Å². The third kappa shape index (κ3) is 4.33. The minimum Gasteiger partial charge on any atom is -0.497 e. The summed E-state index contributed by atoms with van der Waals surface area (Å²) in [6, 6.07) is 9.82. The van der Waals surface area contributed by atoms with Gasteiger partial charge in [0, 0.05) is 5.69 Å². The lowest BCUT2D eigenvalue weighted by Gasteiger charge is -2.15. The smallest absolute Gasteiger partial charge is 0.224 e. The first-order chi connectivity index (χ1) is 10.1. The molecule has 1 atom stereocenters. The molecule has 0 amide bonds. The van der Waals surface area contributed by atoms with Gasteiger partial charge in [0.05, 0.1) is 13.2 Å². The molecular weight excluding hydrogens is 286 g/mol. The van der Waals surface area contributed by atoms with E-state index in [9.17, 15) is 0 Å². The summed E-state index contributed by atoms with van der Waals surface area (Å²) in [5.74, 6) is 1.41. The number of hydrogen-bond acceptors (Lipinski definition) is 4. The Balaban J connectivity index is 2.12. The molecule has 2 aromatic rings. The lowest BCUT2D eigenvalue weighted by atomic mass is 10.1. The lowest BCUT2D eigenvalue weighted by Crippen LogP contribution is -2.10. The normalized spacial score (nSPS) is 12.0. The maximum atomic E-state index is 6.05. The molecule has 0 aliphatic rings. The van der Waals surface area contributed by atoms with Crippen LogP contribution >= 0.6 is 11.6 Å². The second-order valence-corrected chi connectivity index (χ2v) is 5.28. The van der Waals surface area contributed by atoms with E-state index in [1.54, 1.807) is 7.11 Å². The van der Waals surface area contributed by atoms with Crippen LogP contribution in [0.1, 0.15) is 37.6 Å². The van der Waals surface area contributed by atoms with Crippen LogP contribution in [0.5, 0.6) is 5.75 Å². The summed E-state index contributed by atoms with van der Waals surface area (Å²) in [5, 5.41) is 3.76. The molecule has 1 heterocycles. The Kier molecular flexibility index (Phi) is 5.39. The minimum absolute atomic E-state index is 0.0869. The number of hydrogen-bond donors (Lipinski definition) is 1. The molecule has 1 aromatic heterocycles. The maximum absolute atomic E-state index is 6.05. The summed E-state index contributed by atoms with van der Waals surface area (Å²) in [6.07, 6.45) is 1.93. The first-order valence-electron chi connectivity index (χ1n) is 7.06. The zero-order chi connectivity index (χ0) is 15.2. The van der Waals surface area contributed by atoms with E-state index in [0.717, 1.165) is 29.8 Å².